The Morgan fingerprint density at radius 1 is 1.16 bits per heavy atom. The molecule has 3 aromatic rings. The minimum atomic E-state index is -3.87. The third kappa shape index (κ3) is 5.55. The van der Waals surface area contributed by atoms with Crippen LogP contribution in [0.1, 0.15) is 24.1 Å². The highest BCUT2D eigenvalue weighted by Gasteiger charge is 2.21. The smallest absolute Gasteiger partial charge is 0.287 e. The Kier molecular flexibility index (Phi) is 7.35. The van der Waals surface area contributed by atoms with Crippen molar-refractivity contribution in [2.45, 2.75) is 31.3 Å². The molecule has 32 heavy (non-hydrogen) atoms. The molecule has 2 aromatic carbocycles. The maximum absolute atomic E-state index is 13.0. The van der Waals surface area contributed by atoms with Gasteiger partial charge in [-0.25, -0.2) is 17.8 Å². The van der Waals surface area contributed by atoms with Gasteiger partial charge in [0.15, 0.2) is 0 Å². The highest BCUT2D eigenvalue weighted by Crippen LogP contribution is 2.23. The second-order valence-corrected chi connectivity index (χ2v) is 9.52. The Hall–Kier alpha value is -2.72. The zero-order valence-corrected chi connectivity index (χ0v) is 19.5. The number of hydrogen-bond acceptors (Lipinski definition) is 5. The molecule has 0 fully saturated rings. The SMILES string of the molecule is Cc1ccc(NC(=O)Cn2ncc(Cl)c(Cl)c2=O)cc1S(=O)(=O)N[C@@H](C)c1ccccc1. The third-order valence-corrected chi connectivity index (χ3v) is 7.06. The zero-order valence-electron chi connectivity index (χ0n) is 17.2. The molecule has 11 heteroatoms. The number of carbonyl (C=O) groups is 1. The van der Waals surface area contributed by atoms with Crippen LogP contribution >= 0.6 is 23.2 Å². The van der Waals surface area contributed by atoms with E-state index in [0.717, 1.165) is 16.4 Å². The van der Waals surface area contributed by atoms with Crippen LogP contribution in [0, 0.1) is 6.92 Å². The van der Waals surface area contributed by atoms with Crippen molar-refractivity contribution in [1.29, 1.82) is 0 Å². The Morgan fingerprint density at radius 2 is 1.84 bits per heavy atom. The summed E-state index contributed by atoms with van der Waals surface area (Å²) in [5.41, 5.74) is 0.873. The van der Waals surface area contributed by atoms with E-state index in [9.17, 15) is 18.0 Å². The number of benzene rings is 2. The van der Waals surface area contributed by atoms with E-state index in [1.807, 2.05) is 30.3 Å². The Morgan fingerprint density at radius 3 is 2.53 bits per heavy atom. The van der Waals surface area contributed by atoms with Gasteiger partial charge in [0, 0.05) is 11.7 Å². The molecule has 0 bridgehead atoms. The molecule has 0 radical (unpaired) electrons. The molecule has 0 aliphatic carbocycles. The minimum Gasteiger partial charge on any atom is -0.324 e. The lowest BCUT2D eigenvalue weighted by molar-refractivity contribution is -0.117. The molecule has 1 amide bonds. The molecule has 2 N–H and O–H groups in total. The van der Waals surface area contributed by atoms with Gasteiger partial charge >= 0.3 is 0 Å². The second kappa shape index (κ2) is 9.83. The van der Waals surface area contributed by atoms with Crippen LogP contribution in [0.15, 0.2) is 64.4 Å². The van der Waals surface area contributed by atoms with Crippen LogP contribution in [-0.4, -0.2) is 24.1 Å². The Balaban J connectivity index is 1.78. The number of rotatable bonds is 7. The molecule has 0 unspecified atom stereocenters. The first-order chi connectivity index (χ1) is 15.1. The molecule has 1 atom stereocenters. The van der Waals surface area contributed by atoms with Crippen LogP contribution in [0.25, 0.3) is 0 Å². The van der Waals surface area contributed by atoms with Crippen molar-refractivity contribution in [2.24, 2.45) is 0 Å². The van der Waals surface area contributed by atoms with Gasteiger partial charge in [-0.1, -0.05) is 59.6 Å². The van der Waals surface area contributed by atoms with Crippen molar-refractivity contribution in [1.82, 2.24) is 14.5 Å². The normalized spacial score (nSPS) is 12.4. The Bertz CT molecular complexity index is 1310. The lowest BCUT2D eigenvalue weighted by Gasteiger charge is -2.17. The average Bonchev–Trinajstić information content (AvgIpc) is 2.75. The van der Waals surface area contributed by atoms with E-state index in [1.54, 1.807) is 26.0 Å². The van der Waals surface area contributed by atoms with Crippen molar-refractivity contribution < 1.29 is 13.2 Å². The fraction of sp³-hybridized carbons (Fsp3) is 0.190. The Labute approximate surface area is 195 Å². The van der Waals surface area contributed by atoms with Crippen molar-refractivity contribution in [3.8, 4) is 0 Å². The highest BCUT2D eigenvalue weighted by molar-refractivity contribution is 7.89. The first-order valence-corrected chi connectivity index (χ1v) is 11.7. The zero-order chi connectivity index (χ0) is 23.5. The van der Waals surface area contributed by atoms with Crippen LogP contribution in [0.3, 0.4) is 0 Å². The van der Waals surface area contributed by atoms with Gasteiger partial charge in [0.25, 0.3) is 5.56 Å². The van der Waals surface area contributed by atoms with Gasteiger partial charge in [0.1, 0.15) is 11.6 Å². The van der Waals surface area contributed by atoms with Gasteiger partial charge in [-0.3, -0.25) is 9.59 Å². The van der Waals surface area contributed by atoms with E-state index in [0.29, 0.717) is 5.56 Å². The van der Waals surface area contributed by atoms with Gasteiger partial charge < -0.3 is 5.32 Å². The molecular weight excluding hydrogens is 475 g/mol. The molecule has 8 nitrogen and oxygen atoms in total. The van der Waals surface area contributed by atoms with Crippen LogP contribution in [0.4, 0.5) is 5.69 Å². The number of sulfonamides is 1. The number of halogens is 2. The standard InChI is InChI=1S/C21H20Cl2N4O4S/c1-13-8-9-16(25-19(28)12-27-21(29)20(23)17(22)11-24-27)10-18(13)32(30,31)26-14(2)15-6-4-3-5-7-15/h3-11,14,26H,12H2,1-2H3,(H,25,28)/t14-/m0/s1. The molecule has 0 saturated heterocycles. The average molecular weight is 495 g/mol. The monoisotopic (exact) mass is 494 g/mol. The molecule has 0 spiro atoms. The van der Waals surface area contributed by atoms with Crippen LogP contribution in [0.5, 0.6) is 0 Å². The largest absolute Gasteiger partial charge is 0.324 e. The summed E-state index contributed by atoms with van der Waals surface area (Å²) >= 11 is 11.5. The summed E-state index contributed by atoms with van der Waals surface area (Å²) in [6.45, 7) is 2.98. The molecular formula is C21H20Cl2N4O4S. The number of carbonyl (C=O) groups excluding carboxylic acids is 1. The maximum Gasteiger partial charge on any atom is 0.287 e. The molecule has 0 aliphatic rings. The number of nitrogens with zero attached hydrogens (tertiary/aromatic N) is 2. The fourth-order valence-corrected chi connectivity index (χ4v) is 4.74. The lowest BCUT2D eigenvalue weighted by atomic mass is 10.1. The molecule has 1 heterocycles. The number of nitrogens with one attached hydrogen (secondary N) is 2. The van der Waals surface area contributed by atoms with E-state index in [4.69, 9.17) is 23.2 Å². The lowest BCUT2D eigenvalue weighted by Crippen LogP contribution is -2.30. The second-order valence-electron chi connectivity index (χ2n) is 7.05. The van der Waals surface area contributed by atoms with Crippen LogP contribution < -0.4 is 15.6 Å². The van der Waals surface area contributed by atoms with Gasteiger partial charge in [0.2, 0.25) is 15.9 Å². The summed E-state index contributed by atoms with van der Waals surface area (Å²) in [4.78, 5) is 24.5. The van der Waals surface area contributed by atoms with Gasteiger partial charge in [-0.05, 0) is 37.1 Å². The first-order valence-electron chi connectivity index (χ1n) is 9.47. The van der Waals surface area contributed by atoms with E-state index in [-0.39, 0.29) is 20.6 Å². The maximum atomic E-state index is 13.0. The summed E-state index contributed by atoms with van der Waals surface area (Å²) in [7, 11) is -3.87. The summed E-state index contributed by atoms with van der Waals surface area (Å²) < 4.78 is 29.5. The molecule has 1 aromatic heterocycles. The summed E-state index contributed by atoms with van der Waals surface area (Å²) in [6, 6.07) is 13.2. The topological polar surface area (TPSA) is 110 Å². The van der Waals surface area contributed by atoms with Crippen molar-refractivity contribution in [3.63, 3.8) is 0 Å². The first kappa shape index (κ1) is 23.9. The van der Waals surface area contributed by atoms with Crippen molar-refractivity contribution >= 4 is 44.8 Å². The van der Waals surface area contributed by atoms with E-state index in [1.165, 1.54) is 6.07 Å². The van der Waals surface area contributed by atoms with Crippen molar-refractivity contribution in [3.05, 3.63) is 86.3 Å². The third-order valence-electron chi connectivity index (χ3n) is 4.63. The predicted molar refractivity (Wildman–Crippen MR) is 124 cm³/mol. The van der Waals surface area contributed by atoms with Crippen LogP contribution in [-0.2, 0) is 21.4 Å². The summed E-state index contributed by atoms with van der Waals surface area (Å²) in [6.07, 6.45) is 1.16. The number of amides is 1. The van der Waals surface area contributed by atoms with E-state index < -0.39 is 34.1 Å². The van der Waals surface area contributed by atoms with Gasteiger partial charge in [0.05, 0.1) is 16.1 Å². The number of aromatic nitrogens is 2. The highest BCUT2D eigenvalue weighted by atomic mass is 35.5. The molecule has 168 valence electrons. The van der Waals surface area contributed by atoms with Gasteiger partial charge in [-0.15, -0.1) is 0 Å². The summed E-state index contributed by atoms with van der Waals surface area (Å²) in [5, 5.41) is 6.09. The van der Waals surface area contributed by atoms with Crippen molar-refractivity contribution in [2.75, 3.05) is 5.32 Å². The predicted octanol–water partition coefficient (Wildman–Crippen LogP) is 3.54. The number of anilines is 1. The number of aryl methyl sites for hydroxylation is 1. The van der Waals surface area contributed by atoms with Crippen LogP contribution in [0.2, 0.25) is 10.0 Å². The number of hydrogen-bond donors (Lipinski definition) is 2. The minimum absolute atomic E-state index is 0.0149. The fourth-order valence-electron chi connectivity index (χ4n) is 2.97. The molecule has 3 rings (SSSR count). The molecule has 0 aliphatic heterocycles. The quantitative estimate of drug-likeness (QED) is 0.521. The van der Waals surface area contributed by atoms with Gasteiger partial charge in [-0.2, -0.15) is 5.10 Å². The molecule has 0 saturated carbocycles. The van der Waals surface area contributed by atoms with E-state index >= 15 is 0 Å². The summed E-state index contributed by atoms with van der Waals surface area (Å²) in [5.74, 6) is -0.587. The van der Waals surface area contributed by atoms with E-state index in [2.05, 4.69) is 15.1 Å².